The molecular formula is C18H23FN2O3. The Morgan fingerprint density at radius 3 is 2.92 bits per heavy atom. The number of likely N-dealkylation sites (tertiary alicyclic amines) is 1. The number of hydrogen-bond acceptors (Lipinski definition) is 3. The largest absolute Gasteiger partial charge is 0.370 e. The van der Waals surface area contributed by atoms with Gasteiger partial charge in [0, 0.05) is 20.0 Å². The summed E-state index contributed by atoms with van der Waals surface area (Å²) in [6.07, 6.45) is 1.58. The van der Waals surface area contributed by atoms with Crippen molar-refractivity contribution in [2.24, 2.45) is 0 Å². The summed E-state index contributed by atoms with van der Waals surface area (Å²) >= 11 is 0. The van der Waals surface area contributed by atoms with E-state index in [4.69, 9.17) is 4.74 Å². The van der Waals surface area contributed by atoms with E-state index in [1.54, 1.807) is 22.9 Å². The molecular weight excluding hydrogens is 311 g/mol. The fourth-order valence-electron chi connectivity index (χ4n) is 3.62. The maximum absolute atomic E-state index is 13.5. The topological polar surface area (TPSA) is 49.9 Å². The molecule has 2 saturated heterocycles. The lowest BCUT2D eigenvalue weighted by Gasteiger charge is -2.43. The molecule has 3 atom stereocenters. The molecule has 2 aliphatic rings. The Hall–Kier alpha value is -1.95. The first-order valence-corrected chi connectivity index (χ1v) is 8.42. The molecule has 0 spiro atoms. The molecule has 2 fully saturated rings. The van der Waals surface area contributed by atoms with Crippen LogP contribution in [0.5, 0.6) is 0 Å². The van der Waals surface area contributed by atoms with Gasteiger partial charge in [-0.1, -0.05) is 12.1 Å². The molecule has 2 amide bonds. The number of ether oxygens (including phenoxy) is 1. The van der Waals surface area contributed by atoms with Crippen LogP contribution in [0.1, 0.15) is 37.9 Å². The van der Waals surface area contributed by atoms with Crippen LogP contribution in [0.4, 0.5) is 4.39 Å². The van der Waals surface area contributed by atoms with Gasteiger partial charge in [0.25, 0.3) is 0 Å². The lowest BCUT2D eigenvalue weighted by Crippen LogP contribution is -2.57. The zero-order valence-corrected chi connectivity index (χ0v) is 14.1. The summed E-state index contributed by atoms with van der Waals surface area (Å²) in [4.78, 5) is 28.2. The van der Waals surface area contributed by atoms with E-state index in [-0.39, 0.29) is 29.8 Å². The van der Waals surface area contributed by atoms with E-state index >= 15 is 0 Å². The molecule has 6 heteroatoms. The second kappa shape index (κ2) is 6.89. The Labute approximate surface area is 141 Å². The minimum absolute atomic E-state index is 0.0159. The normalized spacial score (nSPS) is 28.1. The molecule has 1 aromatic carbocycles. The lowest BCUT2D eigenvalue weighted by atomic mass is 9.97. The van der Waals surface area contributed by atoms with Crippen LogP contribution in [0.25, 0.3) is 0 Å². The van der Waals surface area contributed by atoms with Crippen LogP contribution in [0.2, 0.25) is 0 Å². The average molecular weight is 334 g/mol. The molecule has 3 rings (SSSR count). The van der Waals surface area contributed by atoms with Gasteiger partial charge in [-0.05, 0) is 37.5 Å². The number of carbonyl (C=O) groups is 2. The second-order valence-corrected chi connectivity index (χ2v) is 6.53. The van der Waals surface area contributed by atoms with Gasteiger partial charge >= 0.3 is 0 Å². The standard InChI is InChI=1S/C18H23FN2O3/c1-12-17(13-5-3-6-14(19)11-13)24-10-9-21(12)18(23)15-7-4-8-16(22)20(15)2/h3,5-6,11-12,15,17H,4,7-10H2,1-2H3/t12-,15?,17+/m1/s1. The third-order valence-electron chi connectivity index (χ3n) is 5.03. The van der Waals surface area contributed by atoms with Gasteiger partial charge in [-0.15, -0.1) is 0 Å². The van der Waals surface area contributed by atoms with Crippen molar-refractivity contribution in [1.82, 2.24) is 9.80 Å². The van der Waals surface area contributed by atoms with Gasteiger partial charge in [0.05, 0.1) is 12.6 Å². The number of benzene rings is 1. The smallest absolute Gasteiger partial charge is 0.245 e. The van der Waals surface area contributed by atoms with E-state index < -0.39 is 6.04 Å². The first-order valence-electron chi connectivity index (χ1n) is 8.42. The predicted octanol–water partition coefficient (Wildman–Crippen LogP) is 2.12. The molecule has 0 N–H and O–H groups in total. The van der Waals surface area contributed by atoms with E-state index in [9.17, 15) is 14.0 Å². The molecule has 2 aliphatic heterocycles. The molecule has 0 radical (unpaired) electrons. The second-order valence-electron chi connectivity index (χ2n) is 6.53. The Morgan fingerprint density at radius 1 is 1.38 bits per heavy atom. The van der Waals surface area contributed by atoms with Gasteiger partial charge in [0.2, 0.25) is 11.8 Å². The fraction of sp³-hybridized carbons (Fsp3) is 0.556. The van der Waals surface area contributed by atoms with Crippen LogP contribution in [0, 0.1) is 5.82 Å². The predicted molar refractivity (Wildman–Crippen MR) is 86.7 cm³/mol. The monoisotopic (exact) mass is 334 g/mol. The minimum atomic E-state index is -0.403. The number of likely N-dealkylation sites (N-methyl/N-ethyl adjacent to an activating group) is 1. The van der Waals surface area contributed by atoms with Gasteiger partial charge < -0.3 is 14.5 Å². The molecule has 24 heavy (non-hydrogen) atoms. The highest BCUT2D eigenvalue weighted by Crippen LogP contribution is 2.30. The molecule has 5 nitrogen and oxygen atoms in total. The van der Waals surface area contributed by atoms with Crippen molar-refractivity contribution in [3.05, 3.63) is 35.6 Å². The van der Waals surface area contributed by atoms with Crippen molar-refractivity contribution in [3.63, 3.8) is 0 Å². The number of rotatable bonds is 2. The Kier molecular flexibility index (Phi) is 4.85. The Bertz CT molecular complexity index is 636. The lowest BCUT2D eigenvalue weighted by molar-refractivity contribution is -0.156. The van der Waals surface area contributed by atoms with Gasteiger partial charge in [0.1, 0.15) is 18.0 Å². The fourth-order valence-corrected chi connectivity index (χ4v) is 3.62. The van der Waals surface area contributed by atoms with Gasteiger partial charge in [-0.2, -0.15) is 0 Å². The van der Waals surface area contributed by atoms with Crippen LogP contribution in [0.15, 0.2) is 24.3 Å². The van der Waals surface area contributed by atoms with Gasteiger partial charge in [-0.25, -0.2) is 4.39 Å². The van der Waals surface area contributed by atoms with Crippen molar-refractivity contribution in [1.29, 1.82) is 0 Å². The molecule has 0 bridgehead atoms. The summed E-state index contributed by atoms with van der Waals surface area (Å²) in [6, 6.07) is 5.69. The van der Waals surface area contributed by atoms with Crippen LogP contribution in [0.3, 0.4) is 0 Å². The number of hydrogen-bond donors (Lipinski definition) is 0. The highest BCUT2D eigenvalue weighted by atomic mass is 19.1. The van der Waals surface area contributed by atoms with E-state index in [0.29, 0.717) is 26.0 Å². The molecule has 130 valence electrons. The van der Waals surface area contributed by atoms with Crippen LogP contribution >= 0.6 is 0 Å². The van der Waals surface area contributed by atoms with Crippen molar-refractivity contribution < 1.29 is 18.7 Å². The van der Waals surface area contributed by atoms with Crippen LogP contribution in [-0.4, -0.2) is 53.9 Å². The maximum atomic E-state index is 13.5. The van der Waals surface area contributed by atoms with Gasteiger partial charge in [0.15, 0.2) is 0 Å². The summed E-state index contributed by atoms with van der Waals surface area (Å²) in [7, 11) is 1.69. The van der Waals surface area contributed by atoms with Crippen molar-refractivity contribution in [3.8, 4) is 0 Å². The van der Waals surface area contributed by atoms with E-state index in [1.165, 1.54) is 12.1 Å². The molecule has 0 saturated carbocycles. The minimum Gasteiger partial charge on any atom is -0.370 e. The van der Waals surface area contributed by atoms with Crippen LogP contribution in [-0.2, 0) is 14.3 Å². The SMILES string of the molecule is C[C@@H]1[C@@H](c2cccc(F)c2)OCCN1C(=O)C1CCCC(=O)N1C. The number of nitrogens with zero attached hydrogens (tertiary/aromatic N) is 2. The van der Waals surface area contributed by atoms with E-state index in [1.807, 2.05) is 13.0 Å². The number of halogens is 1. The third kappa shape index (κ3) is 3.15. The van der Waals surface area contributed by atoms with E-state index in [0.717, 1.165) is 12.0 Å². The summed E-state index contributed by atoms with van der Waals surface area (Å²) in [5.74, 6) is -0.339. The molecule has 0 aromatic heterocycles. The highest BCUT2D eigenvalue weighted by molar-refractivity contribution is 5.88. The van der Waals surface area contributed by atoms with Crippen molar-refractivity contribution in [2.45, 2.75) is 44.4 Å². The van der Waals surface area contributed by atoms with Crippen molar-refractivity contribution >= 4 is 11.8 Å². The Morgan fingerprint density at radius 2 is 2.17 bits per heavy atom. The number of carbonyl (C=O) groups excluding carboxylic acids is 2. The van der Waals surface area contributed by atoms with E-state index in [2.05, 4.69) is 0 Å². The molecule has 1 aromatic rings. The zero-order chi connectivity index (χ0) is 17.3. The maximum Gasteiger partial charge on any atom is 0.245 e. The quantitative estimate of drug-likeness (QED) is 0.832. The van der Waals surface area contributed by atoms with Gasteiger partial charge in [-0.3, -0.25) is 9.59 Å². The van der Waals surface area contributed by atoms with Crippen molar-refractivity contribution in [2.75, 3.05) is 20.2 Å². The first-order chi connectivity index (χ1) is 11.5. The number of amides is 2. The summed E-state index contributed by atoms with van der Waals surface area (Å²) in [5, 5.41) is 0. The summed E-state index contributed by atoms with van der Waals surface area (Å²) in [6.45, 7) is 2.81. The number of piperidine rings is 1. The summed E-state index contributed by atoms with van der Waals surface area (Å²) < 4.78 is 19.3. The highest BCUT2D eigenvalue weighted by Gasteiger charge is 2.39. The first kappa shape index (κ1) is 16.9. The summed E-state index contributed by atoms with van der Waals surface area (Å²) in [5.41, 5.74) is 0.730. The molecule has 0 aliphatic carbocycles. The van der Waals surface area contributed by atoms with Crippen LogP contribution < -0.4 is 0 Å². The molecule has 1 unspecified atom stereocenters. The molecule has 2 heterocycles. The Balaban J connectivity index is 1.78. The zero-order valence-electron chi connectivity index (χ0n) is 14.1. The average Bonchev–Trinajstić information content (AvgIpc) is 2.57. The number of morpholine rings is 1. The third-order valence-corrected chi connectivity index (χ3v) is 5.03.